The smallest absolute Gasteiger partial charge is 0.0544 e. The van der Waals surface area contributed by atoms with E-state index in [1.165, 1.54) is 178 Å². The second kappa shape index (κ2) is 24.6. The van der Waals surface area contributed by atoms with Crippen LogP contribution in [0.1, 0.15) is 79.0 Å². The largest absolute Gasteiger partial charge is 0.309 e. The SMILES string of the molecule is CC1(C)c2cc(CCC(c3cccc(-c4cccc(-c5cc(-c6ccccc6)cc(-c6ccccc6)c5)c4)c3)c3cccc(-c4cccc(-c5cc(-c6ccccc6)cc(-c6ccccc6)c5)c4)c3)ccc2-c2ccc(-n3c4ccccc4c4cc5c(cc43)C(C)(C)c3ccccc3-5)cc21. The van der Waals surface area contributed by atoms with Gasteiger partial charge in [0, 0.05) is 33.2 Å². The normalized spacial score (nSPS) is 13.1. The highest BCUT2D eigenvalue weighted by Gasteiger charge is 2.38. The molecule has 2 aliphatic rings. The number of aryl methyl sites for hydroxylation is 1. The zero-order chi connectivity index (χ0) is 67.1. The Morgan fingerprint density at radius 2 is 0.610 bits per heavy atom. The van der Waals surface area contributed by atoms with Crippen LogP contribution in [0.4, 0.5) is 0 Å². The first-order valence-electron chi connectivity index (χ1n) is 35.4. The van der Waals surface area contributed by atoms with Crippen molar-refractivity contribution in [3.63, 3.8) is 0 Å². The molecule has 0 unspecified atom stereocenters. The van der Waals surface area contributed by atoms with Gasteiger partial charge in [-0.15, -0.1) is 0 Å². The van der Waals surface area contributed by atoms with Crippen molar-refractivity contribution in [3.8, 4) is 117 Å². The molecule has 18 rings (SSSR count). The van der Waals surface area contributed by atoms with Gasteiger partial charge in [-0.1, -0.05) is 301 Å². The Morgan fingerprint density at radius 1 is 0.240 bits per heavy atom. The molecule has 100 heavy (non-hydrogen) atoms. The van der Waals surface area contributed by atoms with Gasteiger partial charge >= 0.3 is 0 Å². The molecule has 15 aromatic carbocycles. The molecule has 0 saturated heterocycles. The van der Waals surface area contributed by atoms with Gasteiger partial charge in [0.25, 0.3) is 0 Å². The Bertz CT molecular complexity index is 5500. The Labute approximate surface area is 587 Å². The van der Waals surface area contributed by atoms with E-state index in [-0.39, 0.29) is 16.7 Å². The van der Waals surface area contributed by atoms with Crippen LogP contribution in [0, 0.1) is 0 Å². The number of hydrogen-bond acceptors (Lipinski definition) is 0. The lowest BCUT2D eigenvalue weighted by Crippen LogP contribution is -2.16. The van der Waals surface area contributed by atoms with Gasteiger partial charge in [0.1, 0.15) is 0 Å². The first-order chi connectivity index (χ1) is 49.0. The van der Waals surface area contributed by atoms with Crippen molar-refractivity contribution in [2.75, 3.05) is 0 Å². The lowest BCUT2D eigenvalue weighted by atomic mass is 9.80. The van der Waals surface area contributed by atoms with E-state index >= 15 is 0 Å². The summed E-state index contributed by atoms with van der Waals surface area (Å²) in [5.41, 5.74) is 37.5. The van der Waals surface area contributed by atoms with Crippen LogP contribution in [-0.2, 0) is 17.3 Å². The summed E-state index contributed by atoms with van der Waals surface area (Å²) >= 11 is 0. The van der Waals surface area contributed by atoms with E-state index in [2.05, 4.69) is 384 Å². The van der Waals surface area contributed by atoms with Gasteiger partial charge in [-0.2, -0.15) is 0 Å². The number of rotatable bonds is 14. The van der Waals surface area contributed by atoms with E-state index in [0.717, 1.165) is 12.8 Å². The zero-order valence-corrected chi connectivity index (χ0v) is 56.9. The van der Waals surface area contributed by atoms with Crippen LogP contribution in [-0.4, -0.2) is 4.57 Å². The fourth-order valence-corrected chi connectivity index (χ4v) is 16.7. The molecule has 0 aliphatic heterocycles. The lowest BCUT2D eigenvalue weighted by molar-refractivity contribution is 0.656. The van der Waals surface area contributed by atoms with Gasteiger partial charge in [-0.05, 0) is 242 Å². The van der Waals surface area contributed by atoms with Crippen LogP contribution < -0.4 is 0 Å². The molecule has 0 radical (unpaired) electrons. The second-order valence-corrected chi connectivity index (χ2v) is 28.7. The number of benzene rings is 15. The molecule has 1 heteroatoms. The number of nitrogens with zero attached hydrogens (tertiary/aromatic N) is 1. The second-order valence-electron chi connectivity index (χ2n) is 28.7. The summed E-state index contributed by atoms with van der Waals surface area (Å²) in [7, 11) is 0. The highest BCUT2D eigenvalue weighted by atomic mass is 15.0. The quantitative estimate of drug-likeness (QED) is 0.102. The molecule has 0 saturated carbocycles. The fraction of sp³-hybridized carbons (Fsp3) is 0.0909. The molecule has 16 aromatic rings. The van der Waals surface area contributed by atoms with Gasteiger partial charge < -0.3 is 4.57 Å². The molecule has 0 spiro atoms. The highest BCUT2D eigenvalue weighted by Crippen LogP contribution is 2.53. The van der Waals surface area contributed by atoms with E-state index in [0.29, 0.717) is 0 Å². The van der Waals surface area contributed by atoms with E-state index in [4.69, 9.17) is 0 Å². The molecule has 2 aliphatic carbocycles. The van der Waals surface area contributed by atoms with Crippen LogP contribution in [0.2, 0.25) is 0 Å². The third kappa shape index (κ3) is 10.7. The molecule has 0 fully saturated rings. The minimum absolute atomic E-state index is 0.0893. The number of para-hydroxylation sites is 1. The van der Waals surface area contributed by atoms with Crippen molar-refractivity contribution in [1.29, 1.82) is 0 Å². The summed E-state index contributed by atoms with van der Waals surface area (Å²) in [5, 5.41) is 2.58. The first-order valence-corrected chi connectivity index (χ1v) is 35.4. The molecule has 1 aromatic heterocycles. The summed E-state index contributed by atoms with van der Waals surface area (Å²) < 4.78 is 2.53. The summed E-state index contributed by atoms with van der Waals surface area (Å²) in [6.07, 6.45) is 1.83. The van der Waals surface area contributed by atoms with Crippen LogP contribution in [0.25, 0.3) is 139 Å². The summed E-state index contributed by atoms with van der Waals surface area (Å²) in [4.78, 5) is 0. The molecule has 0 amide bonds. The van der Waals surface area contributed by atoms with E-state index < -0.39 is 0 Å². The van der Waals surface area contributed by atoms with Crippen LogP contribution in [0.3, 0.4) is 0 Å². The van der Waals surface area contributed by atoms with Crippen LogP contribution in [0.5, 0.6) is 0 Å². The lowest BCUT2D eigenvalue weighted by Gasteiger charge is -2.24. The van der Waals surface area contributed by atoms with E-state index in [1.54, 1.807) is 0 Å². The molecule has 1 nitrogen and oxygen atoms in total. The maximum Gasteiger partial charge on any atom is 0.0544 e. The molecular formula is C99H75N. The standard InChI is InChI=1S/C99H75N/c1-98(2)92-43-19-17-41-86(92)90-63-91-89-42-18-20-44-96(89)100(97(91)64-95(90)98)84-47-50-88-87-49-46-65(51-93(87)99(3,4)94(88)62-84)45-48-85(76-39-23-35-72(54-76)70-33-21-37-74(52-70)82-58-78(66-25-9-5-10-26-66)56-79(59-82)67-27-11-6-12-28-67)77-40-24-36-73(55-77)71-34-22-38-75(53-71)83-60-80(68-29-13-7-14-30-68)57-81(61-83)69-31-15-8-16-32-69/h5-44,46-47,49-64,85H,45,48H2,1-4H3. The minimum Gasteiger partial charge on any atom is -0.309 e. The summed E-state index contributed by atoms with van der Waals surface area (Å²) in [5.74, 6) is 0.0893. The van der Waals surface area contributed by atoms with Gasteiger partial charge in [-0.3, -0.25) is 0 Å². The number of aromatic nitrogens is 1. The van der Waals surface area contributed by atoms with Gasteiger partial charge in [0.2, 0.25) is 0 Å². The predicted octanol–water partition coefficient (Wildman–Crippen LogP) is 26.5. The Morgan fingerprint density at radius 3 is 1.13 bits per heavy atom. The molecular weight excluding hydrogens is 1200 g/mol. The van der Waals surface area contributed by atoms with Crippen molar-refractivity contribution in [2.24, 2.45) is 0 Å². The summed E-state index contributed by atoms with van der Waals surface area (Å²) in [6, 6.07) is 132. The average molecular weight is 1280 g/mol. The predicted molar refractivity (Wildman–Crippen MR) is 422 cm³/mol. The molecule has 0 N–H and O–H groups in total. The fourth-order valence-electron chi connectivity index (χ4n) is 16.7. The maximum atomic E-state index is 2.55. The van der Waals surface area contributed by atoms with Crippen LogP contribution >= 0.6 is 0 Å². The number of fused-ring (bicyclic) bond motifs is 9. The third-order valence-corrected chi connectivity index (χ3v) is 22.0. The Balaban J connectivity index is 0.704. The van der Waals surface area contributed by atoms with Crippen molar-refractivity contribution in [1.82, 2.24) is 4.57 Å². The van der Waals surface area contributed by atoms with Crippen molar-refractivity contribution in [3.05, 3.63) is 391 Å². The molecule has 476 valence electrons. The zero-order valence-electron chi connectivity index (χ0n) is 56.9. The highest BCUT2D eigenvalue weighted by molar-refractivity contribution is 6.12. The first kappa shape index (κ1) is 60.5. The summed E-state index contributed by atoms with van der Waals surface area (Å²) in [6.45, 7) is 9.66. The Kier molecular flexibility index (Phi) is 14.9. The van der Waals surface area contributed by atoms with E-state index in [1.807, 2.05) is 0 Å². The van der Waals surface area contributed by atoms with Crippen LogP contribution in [0.15, 0.2) is 352 Å². The van der Waals surface area contributed by atoms with Gasteiger partial charge in [0.15, 0.2) is 0 Å². The number of hydrogen-bond donors (Lipinski definition) is 0. The van der Waals surface area contributed by atoms with Crippen molar-refractivity contribution in [2.45, 2.75) is 57.3 Å². The molecule has 0 atom stereocenters. The third-order valence-electron chi connectivity index (χ3n) is 22.0. The van der Waals surface area contributed by atoms with Gasteiger partial charge in [-0.25, -0.2) is 0 Å². The average Bonchev–Trinajstić information content (AvgIpc) is 1.55. The van der Waals surface area contributed by atoms with E-state index in [9.17, 15) is 0 Å². The molecule has 1 heterocycles. The maximum absolute atomic E-state index is 2.55. The minimum atomic E-state index is -0.233. The monoisotopic (exact) mass is 1280 g/mol. The Hall–Kier alpha value is -11.9. The van der Waals surface area contributed by atoms with Gasteiger partial charge in [0.05, 0.1) is 11.0 Å². The van der Waals surface area contributed by atoms with Crippen molar-refractivity contribution < 1.29 is 0 Å². The molecule has 0 bridgehead atoms. The topological polar surface area (TPSA) is 4.93 Å². The van der Waals surface area contributed by atoms with Crippen molar-refractivity contribution >= 4 is 21.8 Å².